The molecule has 1 N–H and O–H groups in total. The van der Waals surface area contributed by atoms with Crippen LogP contribution in [0.2, 0.25) is 0 Å². The van der Waals surface area contributed by atoms with Crippen LogP contribution in [-0.4, -0.2) is 13.6 Å². The van der Waals surface area contributed by atoms with Gasteiger partial charge in [-0.05, 0) is 148 Å². The maximum Gasteiger partial charge on any atom is 0.0991 e. The van der Waals surface area contributed by atoms with Crippen LogP contribution in [-0.2, 0) is 12.8 Å². The number of aryl methyl sites for hydroxylation is 2. The average Bonchev–Trinajstić information content (AvgIpc) is 3.10. The number of nitrogens with one attached hydrogen (secondary N) is 1. The second kappa shape index (κ2) is 14.8. The van der Waals surface area contributed by atoms with E-state index in [9.17, 15) is 5.26 Å². The van der Waals surface area contributed by atoms with Gasteiger partial charge in [0, 0.05) is 0 Å². The average molecular weight is 603 g/mol. The van der Waals surface area contributed by atoms with E-state index >= 15 is 0 Å². The number of allylic oxidation sites excluding steroid dienone is 4. The van der Waals surface area contributed by atoms with Crippen LogP contribution in [0.15, 0.2) is 103 Å². The number of hydrogen-bond acceptors (Lipinski definition) is 2. The number of nitriles is 1. The Balaban J connectivity index is 1.54. The zero-order chi connectivity index (χ0) is 31.9. The van der Waals surface area contributed by atoms with E-state index < -0.39 is 0 Å². The molecule has 5 aromatic rings. The lowest BCUT2D eigenvalue weighted by molar-refractivity contribution is 0.538. The molecule has 0 unspecified atom stereocenters. The highest BCUT2D eigenvalue weighted by Gasteiger charge is 2.18. The zero-order valence-corrected chi connectivity index (χ0v) is 27.7. The minimum atomic E-state index is 0.690. The number of rotatable bonds is 12. The molecule has 6 rings (SSSR count). The van der Waals surface area contributed by atoms with Crippen molar-refractivity contribution >= 4 is 27.1 Å². The van der Waals surface area contributed by atoms with Crippen molar-refractivity contribution in [2.45, 2.75) is 65.2 Å². The molecule has 0 saturated carbocycles. The summed E-state index contributed by atoms with van der Waals surface area (Å²) in [6.45, 7) is 5.65. The Morgan fingerprint density at radius 3 is 2.04 bits per heavy atom. The highest BCUT2D eigenvalue weighted by atomic mass is 14.8. The van der Waals surface area contributed by atoms with E-state index in [1.54, 1.807) is 0 Å². The van der Waals surface area contributed by atoms with Gasteiger partial charge in [-0.25, -0.2) is 0 Å². The summed E-state index contributed by atoms with van der Waals surface area (Å²) >= 11 is 0. The Hall–Kier alpha value is -4.45. The fraction of sp³-hybridized carbons (Fsp3) is 0.295. The number of unbranched alkanes of at least 4 members (excludes halogenated alkanes) is 1. The molecule has 2 nitrogen and oxygen atoms in total. The van der Waals surface area contributed by atoms with Crippen LogP contribution in [0.1, 0.15) is 74.6 Å². The lowest BCUT2D eigenvalue weighted by Crippen LogP contribution is -2.09. The Morgan fingerprint density at radius 2 is 1.39 bits per heavy atom. The first-order valence-corrected chi connectivity index (χ1v) is 17.2. The molecule has 0 atom stereocenters. The van der Waals surface area contributed by atoms with E-state index in [4.69, 9.17) is 0 Å². The van der Waals surface area contributed by atoms with Crippen molar-refractivity contribution in [3.63, 3.8) is 0 Å². The van der Waals surface area contributed by atoms with Crippen molar-refractivity contribution in [3.8, 4) is 28.3 Å². The van der Waals surface area contributed by atoms with E-state index in [1.807, 2.05) is 25.2 Å². The predicted molar refractivity (Wildman–Crippen MR) is 198 cm³/mol. The molecule has 232 valence electrons. The quantitative estimate of drug-likeness (QED) is 0.144. The standard InChI is InChI=1S/C44H46N2/c1-31(2)11-7-8-15-34-18-20-39-28-37(33-13-5-4-6-14-33)22-24-41(39)43(34)44-35(17-10-26-46-3)19-21-40-29-38(23-25-42(40)44)36-16-9-12-32(27-36)30-45/h5,9,12-14,16,18-25,27-29,31,46H,4,6-8,10-11,15,17,26H2,1-3H3. The van der Waals surface area contributed by atoms with Crippen molar-refractivity contribution in [1.82, 2.24) is 5.32 Å². The third-order valence-corrected chi connectivity index (χ3v) is 9.47. The summed E-state index contributed by atoms with van der Waals surface area (Å²) in [4.78, 5) is 0. The molecule has 0 spiro atoms. The molecular formula is C44H46N2. The van der Waals surface area contributed by atoms with Gasteiger partial charge in [-0.3, -0.25) is 0 Å². The zero-order valence-electron chi connectivity index (χ0n) is 27.7. The number of hydrogen-bond donors (Lipinski definition) is 1. The highest BCUT2D eigenvalue weighted by Crippen LogP contribution is 2.42. The van der Waals surface area contributed by atoms with Gasteiger partial charge in [0.2, 0.25) is 0 Å². The second-order valence-electron chi connectivity index (χ2n) is 13.2. The molecule has 0 amide bonds. The van der Waals surface area contributed by atoms with Gasteiger partial charge in [0.25, 0.3) is 0 Å². The third-order valence-electron chi connectivity index (χ3n) is 9.47. The number of benzene rings is 5. The third kappa shape index (κ3) is 7.01. The molecule has 0 radical (unpaired) electrons. The Morgan fingerprint density at radius 1 is 0.717 bits per heavy atom. The molecule has 0 saturated heterocycles. The van der Waals surface area contributed by atoms with Crippen molar-refractivity contribution in [1.29, 1.82) is 5.26 Å². The van der Waals surface area contributed by atoms with Gasteiger partial charge >= 0.3 is 0 Å². The van der Waals surface area contributed by atoms with Crippen LogP contribution in [0.3, 0.4) is 0 Å². The van der Waals surface area contributed by atoms with Gasteiger partial charge in [0.05, 0.1) is 11.6 Å². The molecule has 0 fully saturated rings. The predicted octanol–water partition coefficient (Wildman–Crippen LogP) is 11.5. The fourth-order valence-electron chi connectivity index (χ4n) is 7.04. The Labute approximate surface area is 275 Å². The molecule has 2 heteroatoms. The molecule has 0 aliphatic heterocycles. The Bertz CT molecular complexity index is 1950. The van der Waals surface area contributed by atoms with Crippen LogP contribution in [0, 0.1) is 17.2 Å². The number of nitrogens with zero attached hydrogens (tertiary/aromatic N) is 1. The lowest BCUT2D eigenvalue weighted by atomic mass is 9.83. The van der Waals surface area contributed by atoms with Gasteiger partial charge in [0.1, 0.15) is 0 Å². The molecule has 46 heavy (non-hydrogen) atoms. The summed E-state index contributed by atoms with van der Waals surface area (Å²) in [5.74, 6) is 0.734. The summed E-state index contributed by atoms with van der Waals surface area (Å²) in [6.07, 6.45) is 16.1. The van der Waals surface area contributed by atoms with Crippen molar-refractivity contribution < 1.29 is 0 Å². The van der Waals surface area contributed by atoms with E-state index in [1.165, 1.54) is 74.2 Å². The summed E-state index contributed by atoms with van der Waals surface area (Å²) < 4.78 is 0. The summed E-state index contributed by atoms with van der Waals surface area (Å²) in [5.41, 5.74) is 11.2. The van der Waals surface area contributed by atoms with Crippen LogP contribution < -0.4 is 5.32 Å². The lowest BCUT2D eigenvalue weighted by Gasteiger charge is -2.21. The van der Waals surface area contributed by atoms with Crippen LogP contribution in [0.25, 0.3) is 49.4 Å². The maximum atomic E-state index is 9.51. The largest absolute Gasteiger partial charge is 0.320 e. The van der Waals surface area contributed by atoms with Gasteiger partial charge < -0.3 is 5.32 Å². The molecule has 1 aliphatic carbocycles. The highest BCUT2D eigenvalue weighted by molar-refractivity contribution is 6.09. The summed E-state index contributed by atoms with van der Waals surface area (Å²) in [5, 5.41) is 18.1. The monoisotopic (exact) mass is 602 g/mol. The topological polar surface area (TPSA) is 35.8 Å². The molecule has 0 aromatic heterocycles. The number of fused-ring (bicyclic) bond motifs is 2. The van der Waals surface area contributed by atoms with Crippen LogP contribution in [0.5, 0.6) is 0 Å². The molecule has 0 bridgehead atoms. The van der Waals surface area contributed by atoms with Crippen LogP contribution >= 0.6 is 0 Å². The minimum absolute atomic E-state index is 0.690. The van der Waals surface area contributed by atoms with E-state index in [-0.39, 0.29) is 0 Å². The summed E-state index contributed by atoms with van der Waals surface area (Å²) in [7, 11) is 2.04. The van der Waals surface area contributed by atoms with Gasteiger partial charge in [-0.2, -0.15) is 5.26 Å². The van der Waals surface area contributed by atoms with Crippen molar-refractivity contribution in [2.75, 3.05) is 13.6 Å². The smallest absolute Gasteiger partial charge is 0.0991 e. The maximum absolute atomic E-state index is 9.51. The Kier molecular flexibility index (Phi) is 10.1. The molecular weight excluding hydrogens is 556 g/mol. The van der Waals surface area contributed by atoms with Gasteiger partial charge in [-0.1, -0.05) is 106 Å². The van der Waals surface area contributed by atoms with Gasteiger partial charge in [0.15, 0.2) is 0 Å². The van der Waals surface area contributed by atoms with Gasteiger partial charge in [-0.15, -0.1) is 0 Å². The van der Waals surface area contributed by atoms with E-state index in [0.717, 1.165) is 55.7 Å². The molecule has 0 heterocycles. The van der Waals surface area contributed by atoms with Crippen LogP contribution in [0.4, 0.5) is 0 Å². The SMILES string of the molecule is CNCCCc1ccc2cc(-c3cccc(C#N)c3)ccc2c1-c1c(CCCCC(C)C)ccc2cc(C3=CCCC=C3)ccc12. The summed E-state index contributed by atoms with van der Waals surface area (Å²) in [6, 6.07) is 33.7. The minimum Gasteiger partial charge on any atom is -0.320 e. The first-order chi connectivity index (χ1) is 22.6. The normalized spacial score (nSPS) is 13.0. The van der Waals surface area contributed by atoms with Crippen molar-refractivity contribution in [2.24, 2.45) is 5.92 Å². The first kappa shape index (κ1) is 31.5. The molecule has 5 aromatic carbocycles. The van der Waals surface area contributed by atoms with E-state index in [2.05, 4.69) is 110 Å². The van der Waals surface area contributed by atoms with E-state index in [0.29, 0.717) is 5.56 Å². The molecule has 1 aliphatic rings. The fourth-order valence-corrected chi connectivity index (χ4v) is 7.04. The first-order valence-electron chi connectivity index (χ1n) is 17.2. The van der Waals surface area contributed by atoms with Crippen molar-refractivity contribution in [3.05, 3.63) is 125 Å². The second-order valence-corrected chi connectivity index (χ2v) is 13.2.